The Kier molecular flexibility index (Phi) is 6.76. The van der Waals surface area contributed by atoms with Gasteiger partial charge in [-0.2, -0.15) is 0 Å². The Bertz CT molecular complexity index is 774. The SMILES string of the molecule is COc1ccc(OC)c([C@@H](C)NC(=O)CN2CCN(c3ccccc3)CC2)c1. The molecule has 6 nitrogen and oxygen atoms in total. The average molecular weight is 383 g/mol. The summed E-state index contributed by atoms with van der Waals surface area (Å²) in [5.41, 5.74) is 2.15. The van der Waals surface area contributed by atoms with E-state index in [0.717, 1.165) is 43.2 Å². The third-order valence-corrected chi connectivity index (χ3v) is 5.14. The smallest absolute Gasteiger partial charge is 0.234 e. The number of carbonyl (C=O) groups is 1. The van der Waals surface area contributed by atoms with Crippen LogP contribution in [0.5, 0.6) is 11.5 Å². The van der Waals surface area contributed by atoms with Crippen LogP contribution < -0.4 is 19.7 Å². The fourth-order valence-electron chi connectivity index (χ4n) is 3.55. The summed E-state index contributed by atoms with van der Waals surface area (Å²) >= 11 is 0. The van der Waals surface area contributed by atoms with Crippen LogP contribution in [0.1, 0.15) is 18.5 Å². The number of ether oxygens (including phenoxy) is 2. The number of nitrogens with zero attached hydrogens (tertiary/aromatic N) is 2. The van der Waals surface area contributed by atoms with Crippen molar-refractivity contribution >= 4 is 11.6 Å². The van der Waals surface area contributed by atoms with Crippen LogP contribution in [-0.2, 0) is 4.79 Å². The molecule has 1 N–H and O–H groups in total. The van der Waals surface area contributed by atoms with Crippen LogP contribution in [0, 0.1) is 0 Å². The molecule has 0 bridgehead atoms. The van der Waals surface area contributed by atoms with Gasteiger partial charge in [0.05, 0.1) is 26.8 Å². The molecule has 1 saturated heterocycles. The van der Waals surface area contributed by atoms with Gasteiger partial charge in [-0.1, -0.05) is 18.2 Å². The summed E-state index contributed by atoms with van der Waals surface area (Å²) in [5.74, 6) is 1.50. The standard InChI is InChI=1S/C22H29N3O3/c1-17(20-15-19(27-2)9-10-21(20)28-3)23-22(26)16-24-11-13-25(14-12-24)18-7-5-4-6-8-18/h4-10,15,17H,11-14,16H2,1-3H3,(H,23,26)/t17-/m1/s1. The van der Waals surface area contributed by atoms with Crippen LogP contribution in [0.3, 0.4) is 0 Å². The number of hydrogen-bond acceptors (Lipinski definition) is 5. The van der Waals surface area contributed by atoms with Crippen molar-refractivity contribution in [3.63, 3.8) is 0 Å². The molecule has 2 aromatic carbocycles. The van der Waals surface area contributed by atoms with Gasteiger partial charge < -0.3 is 19.7 Å². The van der Waals surface area contributed by atoms with Crippen LogP contribution in [0.4, 0.5) is 5.69 Å². The molecule has 0 radical (unpaired) electrons. The monoisotopic (exact) mass is 383 g/mol. The van der Waals surface area contributed by atoms with Gasteiger partial charge in [0, 0.05) is 37.4 Å². The second kappa shape index (κ2) is 9.46. The minimum absolute atomic E-state index is 0.0190. The number of nitrogens with one attached hydrogen (secondary N) is 1. The summed E-state index contributed by atoms with van der Waals surface area (Å²) < 4.78 is 10.7. The van der Waals surface area contributed by atoms with Crippen molar-refractivity contribution in [3.05, 3.63) is 54.1 Å². The number of piperazine rings is 1. The minimum Gasteiger partial charge on any atom is -0.497 e. The van der Waals surface area contributed by atoms with E-state index in [-0.39, 0.29) is 11.9 Å². The highest BCUT2D eigenvalue weighted by atomic mass is 16.5. The predicted octanol–water partition coefficient (Wildman–Crippen LogP) is 2.70. The molecule has 0 aromatic heterocycles. The molecule has 1 fully saturated rings. The van der Waals surface area contributed by atoms with Gasteiger partial charge >= 0.3 is 0 Å². The summed E-state index contributed by atoms with van der Waals surface area (Å²) in [5, 5.41) is 3.08. The fourth-order valence-corrected chi connectivity index (χ4v) is 3.55. The maximum absolute atomic E-state index is 12.6. The molecular weight excluding hydrogens is 354 g/mol. The van der Waals surface area contributed by atoms with Gasteiger partial charge in [-0.25, -0.2) is 0 Å². The number of carbonyl (C=O) groups excluding carboxylic acids is 1. The molecule has 2 aromatic rings. The van der Waals surface area contributed by atoms with Crippen LogP contribution in [-0.4, -0.2) is 57.8 Å². The van der Waals surface area contributed by atoms with Gasteiger partial charge in [0.15, 0.2) is 0 Å². The number of benzene rings is 2. The number of methoxy groups -OCH3 is 2. The van der Waals surface area contributed by atoms with Gasteiger partial charge in [-0.05, 0) is 37.3 Å². The Morgan fingerprint density at radius 3 is 2.39 bits per heavy atom. The van der Waals surface area contributed by atoms with Crippen molar-refractivity contribution < 1.29 is 14.3 Å². The van der Waals surface area contributed by atoms with Crippen molar-refractivity contribution in [1.29, 1.82) is 0 Å². The zero-order valence-electron chi connectivity index (χ0n) is 16.9. The number of anilines is 1. The van der Waals surface area contributed by atoms with E-state index in [1.165, 1.54) is 5.69 Å². The summed E-state index contributed by atoms with van der Waals surface area (Å²) in [4.78, 5) is 17.1. The molecule has 0 aliphatic carbocycles. The lowest BCUT2D eigenvalue weighted by molar-refractivity contribution is -0.123. The lowest BCUT2D eigenvalue weighted by Gasteiger charge is -2.35. The van der Waals surface area contributed by atoms with Gasteiger partial charge in [0.1, 0.15) is 11.5 Å². The van der Waals surface area contributed by atoms with E-state index in [4.69, 9.17) is 9.47 Å². The second-order valence-electron chi connectivity index (χ2n) is 7.00. The molecule has 3 rings (SSSR count). The quantitative estimate of drug-likeness (QED) is 0.797. The van der Waals surface area contributed by atoms with E-state index in [2.05, 4.69) is 39.4 Å². The van der Waals surface area contributed by atoms with E-state index in [9.17, 15) is 4.79 Å². The second-order valence-corrected chi connectivity index (χ2v) is 7.00. The van der Waals surface area contributed by atoms with Crippen molar-refractivity contribution in [1.82, 2.24) is 10.2 Å². The summed E-state index contributed by atoms with van der Waals surface area (Å²) in [7, 11) is 3.26. The summed E-state index contributed by atoms with van der Waals surface area (Å²) in [6.45, 7) is 5.97. The third kappa shape index (κ3) is 4.95. The highest BCUT2D eigenvalue weighted by Crippen LogP contribution is 2.29. The number of rotatable bonds is 7. The molecule has 1 amide bonds. The van der Waals surface area contributed by atoms with E-state index in [1.807, 2.05) is 31.2 Å². The summed E-state index contributed by atoms with van der Waals surface area (Å²) in [6, 6.07) is 15.9. The average Bonchev–Trinajstić information content (AvgIpc) is 2.74. The molecule has 28 heavy (non-hydrogen) atoms. The van der Waals surface area contributed by atoms with Crippen LogP contribution in [0.2, 0.25) is 0 Å². The molecule has 1 atom stereocenters. The zero-order chi connectivity index (χ0) is 19.9. The molecule has 0 spiro atoms. The molecule has 150 valence electrons. The Balaban J connectivity index is 1.52. The topological polar surface area (TPSA) is 54.0 Å². The van der Waals surface area contributed by atoms with Crippen LogP contribution >= 0.6 is 0 Å². The van der Waals surface area contributed by atoms with E-state index in [0.29, 0.717) is 6.54 Å². The first-order valence-corrected chi connectivity index (χ1v) is 9.64. The first kappa shape index (κ1) is 20.0. The molecule has 0 saturated carbocycles. The van der Waals surface area contributed by atoms with Gasteiger partial charge in [-0.3, -0.25) is 9.69 Å². The molecule has 6 heteroatoms. The van der Waals surface area contributed by atoms with Gasteiger partial charge in [0.25, 0.3) is 0 Å². The summed E-state index contributed by atoms with van der Waals surface area (Å²) in [6.07, 6.45) is 0. The number of hydrogen-bond donors (Lipinski definition) is 1. The predicted molar refractivity (Wildman–Crippen MR) is 111 cm³/mol. The molecule has 1 aliphatic heterocycles. The number of para-hydroxylation sites is 1. The molecule has 1 aliphatic rings. The first-order valence-electron chi connectivity index (χ1n) is 9.64. The molecule has 1 heterocycles. The molecule has 0 unspecified atom stereocenters. The maximum atomic E-state index is 12.6. The third-order valence-electron chi connectivity index (χ3n) is 5.14. The lowest BCUT2D eigenvalue weighted by Crippen LogP contribution is -2.49. The highest BCUT2D eigenvalue weighted by molar-refractivity contribution is 5.78. The Labute approximate surface area is 167 Å². The zero-order valence-corrected chi connectivity index (χ0v) is 16.9. The molecular formula is C22H29N3O3. The van der Waals surface area contributed by atoms with Crippen LogP contribution in [0.25, 0.3) is 0 Å². The largest absolute Gasteiger partial charge is 0.497 e. The van der Waals surface area contributed by atoms with E-state index in [1.54, 1.807) is 14.2 Å². The van der Waals surface area contributed by atoms with E-state index >= 15 is 0 Å². The Morgan fingerprint density at radius 1 is 1.04 bits per heavy atom. The van der Waals surface area contributed by atoms with E-state index < -0.39 is 0 Å². The van der Waals surface area contributed by atoms with Crippen molar-refractivity contribution in [2.75, 3.05) is 51.8 Å². The first-order chi connectivity index (χ1) is 13.6. The minimum atomic E-state index is -0.164. The maximum Gasteiger partial charge on any atom is 0.234 e. The Hall–Kier alpha value is -2.73. The van der Waals surface area contributed by atoms with Gasteiger partial charge in [-0.15, -0.1) is 0 Å². The van der Waals surface area contributed by atoms with Crippen molar-refractivity contribution in [2.24, 2.45) is 0 Å². The van der Waals surface area contributed by atoms with Gasteiger partial charge in [0.2, 0.25) is 5.91 Å². The number of amides is 1. The lowest BCUT2D eigenvalue weighted by atomic mass is 10.1. The normalized spacial score (nSPS) is 15.8. The van der Waals surface area contributed by atoms with Crippen molar-refractivity contribution in [2.45, 2.75) is 13.0 Å². The fraction of sp³-hybridized carbons (Fsp3) is 0.409. The van der Waals surface area contributed by atoms with Crippen molar-refractivity contribution in [3.8, 4) is 11.5 Å². The van der Waals surface area contributed by atoms with Crippen LogP contribution in [0.15, 0.2) is 48.5 Å². The Morgan fingerprint density at radius 2 is 1.75 bits per heavy atom. The highest BCUT2D eigenvalue weighted by Gasteiger charge is 2.21.